The number of hydrogen-bond donors (Lipinski definition) is 1. The van der Waals surface area contributed by atoms with Gasteiger partial charge in [0.2, 0.25) is 0 Å². The molecule has 0 bridgehead atoms. The number of methoxy groups -OCH3 is 1. The molecule has 0 saturated carbocycles. The van der Waals surface area contributed by atoms with Crippen molar-refractivity contribution in [1.29, 1.82) is 0 Å². The number of carbonyl (C=O) groups is 1. The first-order valence-corrected chi connectivity index (χ1v) is 5.35. The van der Waals surface area contributed by atoms with Gasteiger partial charge in [-0.25, -0.2) is 9.48 Å². The summed E-state index contributed by atoms with van der Waals surface area (Å²) in [5, 5.41) is 4.12. The highest BCUT2D eigenvalue weighted by atomic mass is 19.1. The minimum Gasteiger partial charge on any atom is -0.464 e. The van der Waals surface area contributed by atoms with Crippen LogP contribution in [0.3, 0.4) is 0 Å². The zero-order valence-electron chi connectivity index (χ0n) is 10.6. The summed E-state index contributed by atoms with van der Waals surface area (Å²) in [6.07, 6.45) is 0.0619. The molecule has 0 saturated heterocycles. The van der Waals surface area contributed by atoms with E-state index in [1.807, 2.05) is 20.8 Å². The van der Waals surface area contributed by atoms with Crippen LogP contribution in [0.15, 0.2) is 0 Å². The molecule has 96 valence electrons. The van der Waals surface area contributed by atoms with Crippen LogP contribution >= 0.6 is 0 Å². The number of aromatic nitrogens is 2. The van der Waals surface area contributed by atoms with Gasteiger partial charge in [-0.15, -0.1) is 0 Å². The number of nitrogens with zero attached hydrogens (tertiary/aromatic N) is 2. The fraction of sp³-hybridized carbons (Fsp3) is 0.636. The number of ether oxygens (including phenoxy) is 1. The maximum absolute atomic E-state index is 12.5. The van der Waals surface area contributed by atoms with Crippen LogP contribution in [-0.4, -0.2) is 29.5 Å². The van der Waals surface area contributed by atoms with Gasteiger partial charge >= 0.3 is 5.97 Å². The van der Waals surface area contributed by atoms with Crippen molar-refractivity contribution in [2.75, 3.05) is 19.5 Å². The van der Waals surface area contributed by atoms with Crippen LogP contribution in [0.5, 0.6) is 0 Å². The average molecular weight is 243 g/mol. The molecule has 5 nitrogen and oxygen atoms in total. The van der Waals surface area contributed by atoms with Gasteiger partial charge in [-0.2, -0.15) is 5.10 Å². The summed E-state index contributed by atoms with van der Waals surface area (Å²) in [7, 11) is 1.26. The van der Waals surface area contributed by atoms with E-state index in [0.717, 1.165) is 0 Å². The number of carbonyl (C=O) groups excluding carboxylic acids is 1. The fourth-order valence-corrected chi connectivity index (χ4v) is 1.58. The first-order chi connectivity index (χ1) is 7.82. The van der Waals surface area contributed by atoms with Crippen LogP contribution in [-0.2, 0) is 16.7 Å². The van der Waals surface area contributed by atoms with Gasteiger partial charge in [0.15, 0.2) is 5.69 Å². The first kappa shape index (κ1) is 13.5. The highest BCUT2D eigenvalue weighted by Crippen LogP contribution is 2.25. The van der Waals surface area contributed by atoms with E-state index in [9.17, 15) is 9.18 Å². The van der Waals surface area contributed by atoms with Gasteiger partial charge in [-0.05, 0) is 20.8 Å². The fourth-order valence-electron chi connectivity index (χ4n) is 1.58. The summed E-state index contributed by atoms with van der Waals surface area (Å²) in [5.74, 6) is -0.279. The van der Waals surface area contributed by atoms with Crippen LogP contribution in [0.25, 0.3) is 0 Å². The molecule has 6 heteroatoms. The van der Waals surface area contributed by atoms with Crippen molar-refractivity contribution in [2.24, 2.45) is 0 Å². The second-order valence-electron chi connectivity index (χ2n) is 4.73. The lowest BCUT2D eigenvalue weighted by Gasteiger charge is -2.20. The van der Waals surface area contributed by atoms with Gasteiger partial charge in [0.1, 0.15) is 5.82 Å². The van der Waals surface area contributed by atoms with E-state index in [1.54, 1.807) is 0 Å². The first-order valence-electron chi connectivity index (χ1n) is 5.35. The highest BCUT2D eigenvalue weighted by Gasteiger charge is 2.26. The number of rotatable bonds is 3. The lowest BCUT2D eigenvalue weighted by molar-refractivity contribution is 0.0591. The van der Waals surface area contributed by atoms with Crippen molar-refractivity contribution in [3.8, 4) is 0 Å². The van der Waals surface area contributed by atoms with Crippen LogP contribution in [0.4, 0.5) is 10.2 Å². The van der Waals surface area contributed by atoms with Gasteiger partial charge in [0.25, 0.3) is 0 Å². The summed E-state index contributed by atoms with van der Waals surface area (Å²) in [6.45, 7) is 5.11. The Balaban J connectivity index is 3.34. The third-order valence-electron chi connectivity index (χ3n) is 2.38. The van der Waals surface area contributed by atoms with E-state index >= 15 is 0 Å². The standard InChI is InChI=1S/C11H18FN3O2/c1-11(2,3)15-9(13)7(5-6-12)8(14-15)10(16)17-4/h5-6,13H2,1-4H3. The average Bonchev–Trinajstić information content (AvgIpc) is 2.56. The van der Waals surface area contributed by atoms with Crippen molar-refractivity contribution in [1.82, 2.24) is 9.78 Å². The number of hydrogen-bond acceptors (Lipinski definition) is 4. The molecule has 1 rings (SSSR count). The predicted octanol–water partition coefficient (Wildman–Crippen LogP) is 1.52. The van der Waals surface area contributed by atoms with E-state index < -0.39 is 12.6 Å². The Kier molecular flexibility index (Phi) is 3.75. The minimum atomic E-state index is -0.594. The van der Waals surface area contributed by atoms with E-state index in [4.69, 9.17) is 5.73 Å². The Morgan fingerprint density at radius 2 is 2.12 bits per heavy atom. The van der Waals surface area contributed by atoms with Crippen molar-refractivity contribution in [3.05, 3.63) is 11.3 Å². The number of halogens is 1. The molecule has 2 N–H and O–H groups in total. The Labute approximate surface area is 99.7 Å². The lowest BCUT2D eigenvalue weighted by atomic mass is 10.1. The SMILES string of the molecule is COC(=O)c1nn(C(C)(C)C)c(N)c1CCF. The van der Waals surface area contributed by atoms with Gasteiger partial charge in [0.05, 0.1) is 19.3 Å². The highest BCUT2D eigenvalue weighted by molar-refractivity contribution is 5.90. The van der Waals surface area contributed by atoms with Crippen LogP contribution in [0, 0.1) is 0 Å². The van der Waals surface area contributed by atoms with Crippen molar-refractivity contribution in [3.63, 3.8) is 0 Å². The van der Waals surface area contributed by atoms with E-state index in [-0.39, 0.29) is 17.7 Å². The quantitative estimate of drug-likeness (QED) is 0.817. The second-order valence-corrected chi connectivity index (χ2v) is 4.73. The van der Waals surface area contributed by atoms with Gasteiger partial charge in [-0.1, -0.05) is 0 Å². The molecule has 0 radical (unpaired) electrons. The molecule has 1 aromatic rings. The van der Waals surface area contributed by atoms with Crippen molar-refractivity contribution in [2.45, 2.75) is 32.7 Å². The van der Waals surface area contributed by atoms with Crippen LogP contribution in [0.2, 0.25) is 0 Å². The van der Waals surface area contributed by atoms with Crippen LogP contribution < -0.4 is 5.73 Å². The molecular weight excluding hydrogens is 225 g/mol. The monoisotopic (exact) mass is 243 g/mol. The molecule has 0 aliphatic rings. The molecule has 0 aliphatic heterocycles. The smallest absolute Gasteiger partial charge is 0.358 e. The van der Waals surface area contributed by atoms with E-state index in [1.165, 1.54) is 11.8 Å². The summed E-state index contributed by atoms with van der Waals surface area (Å²) in [5.41, 5.74) is 6.03. The Morgan fingerprint density at radius 3 is 2.53 bits per heavy atom. The third kappa shape index (κ3) is 2.57. The summed E-state index contributed by atoms with van der Waals surface area (Å²) >= 11 is 0. The third-order valence-corrected chi connectivity index (χ3v) is 2.38. The lowest BCUT2D eigenvalue weighted by Crippen LogP contribution is -2.25. The zero-order chi connectivity index (χ0) is 13.2. The summed E-state index contributed by atoms with van der Waals surface area (Å²) < 4.78 is 18.6. The zero-order valence-corrected chi connectivity index (χ0v) is 10.6. The molecule has 0 atom stereocenters. The molecular formula is C11H18FN3O2. The number of alkyl halides is 1. The molecule has 0 aromatic carbocycles. The topological polar surface area (TPSA) is 70.1 Å². The molecule has 0 spiro atoms. The number of nitrogens with two attached hydrogens (primary N) is 1. The minimum absolute atomic E-state index is 0.0619. The summed E-state index contributed by atoms with van der Waals surface area (Å²) in [4.78, 5) is 11.5. The largest absolute Gasteiger partial charge is 0.464 e. The molecule has 0 unspecified atom stereocenters. The maximum Gasteiger partial charge on any atom is 0.358 e. The Bertz CT molecular complexity index is 421. The Morgan fingerprint density at radius 1 is 1.53 bits per heavy atom. The van der Waals surface area contributed by atoms with Gasteiger partial charge in [-0.3, -0.25) is 4.39 Å². The molecule has 0 aliphatic carbocycles. The number of anilines is 1. The number of esters is 1. The summed E-state index contributed by atoms with van der Waals surface area (Å²) in [6, 6.07) is 0. The second kappa shape index (κ2) is 4.73. The van der Waals surface area contributed by atoms with E-state index in [2.05, 4.69) is 9.84 Å². The number of nitrogen functional groups attached to an aromatic ring is 1. The van der Waals surface area contributed by atoms with Crippen molar-refractivity contribution < 1.29 is 13.9 Å². The predicted molar refractivity (Wildman–Crippen MR) is 62.7 cm³/mol. The molecule has 1 heterocycles. The maximum atomic E-state index is 12.5. The van der Waals surface area contributed by atoms with Gasteiger partial charge < -0.3 is 10.5 Å². The van der Waals surface area contributed by atoms with Crippen molar-refractivity contribution >= 4 is 11.8 Å². The van der Waals surface area contributed by atoms with E-state index in [0.29, 0.717) is 11.4 Å². The Hall–Kier alpha value is -1.59. The van der Waals surface area contributed by atoms with Crippen LogP contribution in [0.1, 0.15) is 36.8 Å². The molecule has 0 fully saturated rings. The van der Waals surface area contributed by atoms with Gasteiger partial charge in [0, 0.05) is 12.0 Å². The molecule has 17 heavy (non-hydrogen) atoms. The molecule has 1 aromatic heterocycles. The molecule has 0 amide bonds. The normalized spacial score (nSPS) is 11.6.